The van der Waals surface area contributed by atoms with Gasteiger partial charge in [-0.05, 0) is 18.4 Å². The minimum absolute atomic E-state index is 0.349. The van der Waals surface area contributed by atoms with Gasteiger partial charge in [0.05, 0.1) is 6.10 Å². The van der Waals surface area contributed by atoms with E-state index < -0.39 is 0 Å². The van der Waals surface area contributed by atoms with E-state index in [1.165, 1.54) is 5.56 Å². The lowest BCUT2D eigenvalue weighted by molar-refractivity contribution is 0.0807. The predicted octanol–water partition coefficient (Wildman–Crippen LogP) is 3.14. The maximum Gasteiger partial charge on any atom is 0.0677 e. The lowest BCUT2D eigenvalue weighted by atomic mass is 9.87. The van der Waals surface area contributed by atoms with E-state index in [1.54, 1.807) is 7.11 Å². The molecule has 0 spiro atoms. The Morgan fingerprint density at radius 3 is 2.71 bits per heavy atom. The first-order chi connectivity index (χ1) is 6.92. The van der Waals surface area contributed by atoms with Gasteiger partial charge in [-0.25, -0.2) is 0 Å². The van der Waals surface area contributed by atoms with Crippen molar-refractivity contribution >= 4 is 0 Å². The first-order valence-electron chi connectivity index (χ1n) is 5.16. The highest BCUT2D eigenvalue weighted by Gasteiger charge is 2.22. The zero-order valence-corrected chi connectivity index (χ0v) is 8.52. The molecule has 0 saturated heterocycles. The van der Waals surface area contributed by atoms with Gasteiger partial charge in [-0.2, -0.15) is 0 Å². The lowest BCUT2D eigenvalue weighted by Crippen LogP contribution is -2.21. The molecule has 1 aromatic rings. The number of benzene rings is 1. The van der Waals surface area contributed by atoms with Gasteiger partial charge in [-0.15, -0.1) is 0 Å². The second-order valence-electron chi connectivity index (χ2n) is 3.72. The predicted molar refractivity (Wildman–Crippen MR) is 58.4 cm³/mol. The summed E-state index contributed by atoms with van der Waals surface area (Å²) in [6.07, 6.45) is 7.15. The van der Waals surface area contributed by atoms with Crippen molar-refractivity contribution in [2.45, 2.75) is 24.9 Å². The highest BCUT2D eigenvalue weighted by molar-refractivity contribution is 5.26. The van der Waals surface area contributed by atoms with Crippen molar-refractivity contribution < 1.29 is 4.74 Å². The minimum Gasteiger partial charge on any atom is -0.380 e. The maximum absolute atomic E-state index is 5.51. The van der Waals surface area contributed by atoms with E-state index in [0.717, 1.165) is 12.8 Å². The van der Waals surface area contributed by atoms with Crippen LogP contribution in [-0.2, 0) is 4.74 Å². The maximum atomic E-state index is 5.51. The molecular weight excluding hydrogens is 172 g/mol. The van der Waals surface area contributed by atoms with Crippen LogP contribution >= 0.6 is 0 Å². The highest BCUT2D eigenvalue weighted by atomic mass is 16.5. The lowest BCUT2D eigenvalue weighted by Gasteiger charge is -2.26. The fourth-order valence-electron chi connectivity index (χ4n) is 2.07. The molecule has 0 heterocycles. The summed E-state index contributed by atoms with van der Waals surface area (Å²) in [6, 6.07) is 10.6. The van der Waals surface area contributed by atoms with Gasteiger partial charge in [0.15, 0.2) is 0 Å². The van der Waals surface area contributed by atoms with Gasteiger partial charge >= 0.3 is 0 Å². The summed E-state index contributed by atoms with van der Waals surface area (Å²) in [6.45, 7) is 0. The van der Waals surface area contributed by atoms with Crippen molar-refractivity contribution in [3.63, 3.8) is 0 Å². The normalized spacial score (nSPS) is 26.4. The SMILES string of the molecule is CO[C@@H]1CCC=C[C@H]1c1ccccc1. The van der Waals surface area contributed by atoms with Gasteiger partial charge in [0, 0.05) is 13.0 Å². The van der Waals surface area contributed by atoms with E-state index >= 15 is 0 Å². The summed E-state index contributed by atoms with van der Waals surface area (Å²) in [5, 5.41) is 0. The van der Waals surface area contributed by atoms with E-state index in [0.29, 0.717) is 12.0 Å². The Kier molecular flexibility index (Phi) is 3.00. The van der Waals surface area contributed by atoms with Crippen LogP contribution in [0, 0.1) is 0 Å². The molecule has 0 N–H and O–H groups in total. The molecule has 0 radical (unpaired) electrons. The summed E-state index contributed by atoms with van der Waals surface area (Å²) in [4.78, 5) is 0. The smallest absolute Gasteiger partial charge is 0.0677 e. The molecule has 1 nitrogen and oxygen atoms in total. The first-order valence-corrected chi connectivity index (χ1v) is 5.16. The van der Waals surface area contributed by atoms with Crippen LogP contribution in [0.15, 0.2) is 42.5 Å². The second kappa shape index (κ2) is 4.43. The van der Waals surface area contributed by atoms with E-state index in [-0.39, 0.29) is 0 Å². The van der Waals surface area contributed by atoms with Crippen LogP contribution < -0.4 is 0 Å². The summed E-state index contributed by atoms with van der Waals surface area (Å²) in [5.41, 5.74) is 1.36. The number of rotatable bonds is 2. The number of hydrogen-bond acceptors (Lipinski definition) is 1. The zero-order valence-electron chi connectivity index (χ0n) is 8.52. The van der Waals surface area contributed by atoms with Crippen LogP contribution in [0.25, 0.3) is 0 Å². The highest BCUT2D eigenvalue weighted by Crippen LogP contribution is 2.29. The summed E-state index contributed by atoms with van der Waals surface area (Å²) in [7, 11) is 1.81. The summed E-state index contributed by atoms with van der Waals surface area (Å²) < 4.78 is 5.51. The van der Waals surface area contributed by atoms with Crippen LogP contribution in [0.5, 0.6) is 0 Å². The van der Waals surface area contributed by atoms with Gasteiger partial charge in [0.2, 0.25) is 0 Å². The standard InChI is InChI=1S/C13H16O/c1-14-13-10-6-5-9-12(13)11-7-3-2-4-8-11/h2-5,7-9,12-13H,6,10H2,1H3/t12-,13+/m0/s1. The van der Waals surface area contributed by atoms with Crippen LogP contribution in [0.1, 0.15) is 24.3 Å². The molecule has 1 aliphatic rings. The fraction of sp³-hybridized carbons (Fsp3) is 0.385. The number of allylic oxidation sites excluding steroid dienone is 1. The van der Waals surface area contributed by atoms with Crippen molar-refractivity contribution in [2.24, 2.45) is 0 Å². The van der Waals surface area contributed by atoms with E-state index in [2.05, 4.69) is 42.5 Å². The quantitative estimate of drug-likeness (QED) is 0.648. The van der Waals surface area contributed by atoms with Crippen LogP contribution in [0.2, 0.25) is 0 Å². The monoisotopic (exact) mass is 188 g/mol. The Morgan fingerprint density at radius 1 is 1.21 bits per heavy atom. The summed E-state index contributed by atoms with van der Waals surface area (Å²) in [5.74, 6) is 0.440. The molecule has 0 amide bonds. The van der Waals surface area contributed by atoms with Crippen molar-refractivity contribution in [1.82, 2.24) is 0 Å². The average molecular weight is 188 g/mol. The molecule has 0 aromatic heterocycles. The Morgan fingerprint density at radius 2 is 2.00 bits per heavy atom. The molecule has 1 heteroatoms. The van der Waals surface area contributed by atoms with Crippen molar-refractivity contribution in [3.8, 4) is 0 Å². The van der Waals surface area contributed by atoms with Gasteiger partial charge < -0.3 is 4.74 Å². The molecule has 0 aliphatic heterocycles. The van der Waals surface area contributed by atoms with Crippen molar-refractivity contribution in [1.29, 1.82) is 0 Å². The third kappa shape index (κ3) is 1.88. The Bertz CT molecular complexity index is 302. The molecule has 74 valence electrons. The molecule has 2 rings (SSSR count). The third-order valence-corrected chi connectivity index (χ3v) is 2.85. The summed E-state index contributed by atoms with van der Waals surface area (Å²) >= 11 is 0. The number of ether oxygens (including phenoxy) is 1. The largest absolute Gasteiger partial charge is 0.380 e. The average Bonchev–Trinajstić information content (AvgIpc) is 2.30. The first kappa shape index (κ1) is 9.47. The van der Waals surface area contributed by atoms with Gasteiger partial charge in [-0.3, -0.25) is 0 Å². The Hall–Kier alpha value is -1.08. The van der Waals surface area contributed by atoms with E-state index in [9.17, 15) is 0 Å². The van der Waals surface area contributed by atoms with Crippen LogP contribution in [0.4, 0.5) is 0 Å². The number of hydrogen-bond donors (Lipinski definition) is 0. The van der Waals surface area contributed by atoms with Crippen molar-refractivity contribution in [3.05, 3.63) is 48.0 Å². The van der Waals surface area contributed by atoms with Gasteiger partial charge in [0.1, 0.15) is 0 Å². The van der Waals surface area contributed by atoms with Crippen molar-refractivity contribution in [2.75, 3.05) is 7.11 Å². The third-order valence-electron chi connectivity index (χ3n) is 2.85. The molecule has 0 fully saturated rings. The molecule has 1 aromatic carbocycles. The molecular formula is C13H16O. The Balaban J connectivity index is 2.23. The van der Waals surface area contributed by atoms with Crippen LogP contribution in [0.3, 0.4) is 0 Å². The molecule has 0 saturated carbocycles. The molecule has 14 heavy (non-hydrogen) atoms. The number of methoxy groups -OCH3 is 1. The molecule has 0 bridgehead atoms. The fourth-order valence-corrected chi connectivity index (χ4v) is 2.07. The van der Waals surface area contributed by atoms with Crippen LogP contribution in [-0.4, -0.2) is 13.2 Å². The minimum atomic E-state index is 0.349. The molecule has 0 unspecified atom stereocenters. The van der Waals surface area contributed by atoms with Gasteiger partial charge in [0.25, 0.3) is 0 Å². The Labute approximate surface area is 85.4 Å². The van der Waals surface area contributed by atoms with E-state index in [1.807, 2.05) is 0 Å². The van der Waals surface area contributed by atoms with E-state index in [4.69, 9.17) is 4.74 Å². The molecule has 1 aliphatic carbocycles. The molecule has 2 atom stereocenters. The topological polar surface area (TPSA) is 9.23 Å². The van der Waals surface area contributed by atoms with Gasteiger partial charge in [-0.1, -0.05) is 42.5 Å². The second-order valence-corrected chi connectivity index (χ2v) is 3.72. The zero-order chi connectivity index (χ0) is 9.80.